The van der Waals surface area contributed by atoms with Crippen molar-refractivity contribution < 1.29 is 28.4 Å². The van der Waals surface area contributed by atoms with Crippen molar-refractivity contribution in [3.05, 3.63) is 0 Å². The van der Waals surface area contributed by atoms with Gasteiger partial charge in [0.1, 0.15) is 5.54 Å². The second kappa shape index (κ2) is 7.80. The van der Waals surface area contributed by atoms with Gasteiger partial charge in [-0.2, -0.15) is 0 Å². The zero-order valence-electron chi connectivity index (χ0n) is 10.9. The minimum atomic E-state index is -3.73. The molecule has 1 atom stereocenters. The Balaban J connectivity index is 4.55. The summed E-state index contributed by atoms with van der Waals surface area (Å²) < 4.78 is 21.9. The van der Waals surface area contributed by atoms with E-state index >= 15 is 0 Å². The Morgan fingerprint density at radius 3 is 2.26 bits per heavy atom. The summed E-state index contributed by atoms with van der Waals surface area (Å²) in [5, 5.41) is 34.1. The summed E-state index contributed by atoms with van der Waals surface area (Å²) in [6.45, 7) is 0. The maximum Gasteiger partial charge on any atom is 0.451 e. The first-order valence-corrected chi connectivity index (χ1v) is 7.63. The summed E-state index contributed by atoms with van der Waals surface area (Å²) in [6, 6.07) is 0. The number of rotatable bonds is 10. The lowest BCUT2D eigenvalue weighted by atomic mass is 9.81. The molecule has 0 saturated heterocycles. The van der Waals surface area contributed by atoms with Crippen LogP contribution < -0.4 is 10.5 Å². The van der Waals surface area contributed by atoms with E-state index < -0.39 is 34.4 Å². The summed E-state index contributed by atoms with van der Waals surface area (Å²) >= 11 is 0. The number of nitrogens with one attached hydrogen (secondary N) is 1. The molecule has 0 spiro atoms. The van der Waals surface area contributed by atoms with E-state index in [0.717, 1.165) is 0 Å². The molecule has 0 rings (SSSR count). The lowest BCUT2D eigenvalue weighted by molar-refractivity contribution is -0.145. The fourth-order valence-corrected chi connectivity index (χ4v) is 2.40. The van der Waals surface area contributed by atoms with Crippen LogP contribution in [0.25, 0.3) is 0 Å². The fraction of sp³-hybridized carbons (Fsp3) is 0.889. The van der Waals surface area contributed by atoms with E-state index in [0.29, 0.717) is 12.8 Å². The molecule has 112 valence electrons. The summed E-state index contributed by atoms with van der Waals surface area (Å²) in [4.78, 5) is 11.3. The molecule has 0 heterocycles. The SMILES string of the molecule is CNC(CCCCB(O)O)(CCS(N)(=O)=O)C(=O)O. The largest absolute Gasteiger partial charge is 0.480 e. The molecule has 0 amide bonds. The number of primary sulfonamides is 1. The molecule has 0 aromatic carbocycles. The molecule has 0 radical (unpaired) electrons. The predicted molar refractivity (Wildman–Crippen MR) is 70.9 cm³/mol. The van der Waals surface area contributed by atoms with Crippen LogP contribution in [0.3, 0.4) is 0 Å². The second-order valence-corrected chi connectivity index (χ2v) is 6.21. The van der Waals surface area contributed by atoms with Crippen LogP contribution in [-0.2, 0) is 14.8 Å². The highest BCUT2D eigenvalue weighted by Crippen LogP contribution is 2.20. The van der Waals surface area contributed by atoms with E-state index in [1.165, 1.54) is 7.05 Å². The van der Waals surface area contributed by atoms with Crippen molar-refractivity contribution in [3.8, 4) is 0 Å². The number of hydrogen-bond donors (Lipinski definition) is 5. The molecule has 0 aliphatic carbocycles. The first kappa shape index (κ1) is 18.3. The fourth-order valence-electron chi connectivity index (χ4n) is 1.77. The Kier molecular flexibility index (Phi) is 7.53. The maximum atomic E-state index is 11.3. The summed E-state index contributed by atoms with van der Waals surface area (Å²) in [7, 11) is -3.70. The lowest BCUT2D eigenvalue weighted by Gasteiger charge is -2.28. The van der Waals surface area contributed by atoms with Gasteiger partial charge in [-0.05, 0) is 26.2 Å². The smallest absolute Gasteiger partial charge is 0.451 e. The van der Waals surface area contributed by atoms with E-state index in [1.807, 2.05) is 0 Å². The van der Waals surface area contributed by atoms with Gasteiger partial charge in [-0.3, -0.25) is 4.79 Å². The van der Waals surface area contributed by atoms with Crippen molar-refractivity contribution in [1.29, 1.82) is 0 Å². The molecular weight excluding hydrogens is 275 g/mol. The Morgan fingerprint density at radius 1 is 1.32 bits per heavy atom. The first-order valence-electron chi connectivity index (χ1n) is 5.92. The van der Waals surface area contributed by atoms with Gasteiger partial charge in [0.15, 0.2) is 0 Å². The van der Waals surface area contributed by atoms with Crippen LogP contribution in [-0.4, -0.2) is 55.0 Å². The Bertz CT molecular complexity index is 388. The van der Waals surface area contributed by atoms with E-state index in [-0.39, 0.29) is 19.2 Å². The molecule has 0 aliphatic heterocycles. The minimum absolute atomic E-state index is 0.140. The number of nitrogens with two attached hydrogens (primary N) is 1. The van der Waals surface area contributed by atoms with Gasteiger partial charge < -0.3 is 20.5 Å². The minimum Gasteiger partial charge on any atom is -0.480 e. The van der Waals surface area contributed by atoms with Crippen LogP contribution >= 0.6 is 0 Å². The quantitative estimate of drug-likeness (QED) is 0.239. The maximum absolute atomic E-state index is 11.3. The van der Waals surface area contributed by atoms with Crippen LogP contribution in [0.15, 0.2) is 0 Å². The summed E-state index contributed by atoms with van der Waals surface area (Å²) in [5.74, 6) is -1.58. The topological polar surface area (TPSA) is 150 Å². The number of carboxylic acids is 1. The van der Waals surface area contributed by atoms with E-state index in [1.54, 1.807) is 0 Å². The standard InChI is InChI=1S/C9H21BN2O6S/c1-12-9(8(13)14,5-7-19(11,17)18)4-2-3-6-10(15)16/h12,15-16H,2-7H2,1H3,(H,13,14)(H2,11,17,18). The Labute approximate surface area is 113 Å². The molecule has 0 fully saturated rings. The monoisotopic (exact) mass is 296 g/mol. The number of aliphatic carboxylic acids is 1. The van der Waals surface area contributed by atoms with Crippen molar-refractivity contribution in [2.24, 2.45) is 5.14 Å². The molecule has 1 unspecified atom stereocenters. The number of carbonyl (C=O) groups is 1. The first-order chi connectivity index (χ1) is 8.63. The molecule has 19 heavy (non-hydrogen) atoms. The number of likely N-dealkylation sites (N-methyl/N-ethyl adjacent to an activating group) is 1. The van der Waals surface area contributed by atoms with Gasteiger partial charge in [0, 0.05) is 0 Å². The van der Waals surface area contributed by atoms with Gasteiger partial charge in [-0.25, -0.2) is 13.6 Å². The third kappa shape index (κ3) is 7.48. The second-order valence-electron chi connectivity index (χ2n) is 4.48. The highest BCUT2D eigenvalue weighted by atomic mass is 32.2. The van der Waals surface area contributed by atoms with Crippen LogP contribution in [0.5, 0.6) is 0 Å². The van der Waals surface area contributed by atoms with Gasteiger partial charge in [0.25, 0.3) is 0 Å². The van der Waals surface area contributed by atoms with Crippen LogP contribution in [0.2, 0.25) is 6.32 Å². The van der Waals surface area contributed by atoms with Crippen LogP contribution in [0.1, 0.15) is 25.7 Å². The van der Waals surface area contributed by atoms with Gasteiger partial charge in [-0.15, -0.1) is 0 Å². The Morgan fingerprint density at radius 2 is 1.89 bits per heavy atom. The summed E-state index contributed by atoms with van der Waals surface area (Å²) in [5.41, 5.74) is -1.37. The molecule has 6 N–H and O–H groups in total. The van der Waals surface area contributed by atoms with Crippen molar-refractivity contribution in [2.45, 2.75) is 37.5 Å². The molecule has 0 aromatic heterocycles. The van der Waals surface area contributed by atoms with Crippen LogP contribution in [0, 0.1) is 0 Å². The zero-order chi connectivity index (χ0) is 15.1. The van der Waals surface area contributed by atoms with Gasteiger partial charge in [0.05, 0.1) is 5.75 Å². The van der Waals surface area contributed by atoms with E-state index in [2.05, 4.69) is 5.32 Å². The van der Waals surface area contributed by atoms with Gasteiger partial charge in [0.2, 0.25) is 10.0 Å². The average molecular weight is 296 g/mol. The van der Waals surface area contributed by atoms with Gasteiger partial charge in [-0.1, -0.05) is 12.8 Å². The number of carboxylic acid groups (broad SMARTS) is 1. The third-order valence-corrected chi connectivity index (χ3v) is 3.79. The average Bonchev–Trinajstić information content (AvgIpc) is 2.26. The number of unbranched alkanes of at least 4 members (excludes halogenated alkanes) is 1. The molecule has 0 aliphatic rings. The molecule has 8 nitrogen and oxygen atoms in total. The third-order valence-electron chi connectivity index (χ3n) is 3.02. The van der Waals surface area contributed by atoms with Crippen molar-refractivity contribution >= 4 is 23.1 Å². The highest BCUT2D eigenvalue weighted by Gasteiger charge is 2.37. The highest BCUT2D eigenvalue weighted by molar-refractivity contribution is 7.89. The van der Waals surface area contributed by atoms with Crippen molar-refractivity contribution in [3.63, 3.8) is 0 Å². The molecular formula is C9H21BN2O6S. The number of sulfonamides is 1. The molecule has 10 heteroatoms. The van der Waals surface area contributed by atoms with Gasteiger partial charge >= 0.3 is 13.1 Å². The van der Waals surface area contributed by atoms with Crippen LogP contribution in [0.4, 0.5) is 0 Å². The lowest BCUT2D eigenvalue weighted by Crippen LogP contribution is -2.51. The zero-order valence-corrected chi connectivity index (χ0v) is 11.7. The molecule has 0 saturated carbocycles. The molecule has 0 aromatic rings. The molecule has 0 bridgehead atoms. The Hall–Kier alpha value is -0.675. The van der Waals surface area contributed by atoms with Crippen molar-refractivity contribution in [1.82, 2.24) is 5.32 Å². The number of hydrogen-bond acceptors (Lipinski definition) is 6. The normalized spacial score (nSPS) is 14.9. The van der Waals surface area contributed by atoms with Crippen molar-refractivity contribution in [2.75, 3.05) is 12.8 Å². The van der Waals surface area contributed by atoms with E-state index in [9.17, 15) is 18.3 Å². The van der Waals surface area contributed by atoms with E-state index in [4.69, 9.17) is 15.2 Å². The summed E-state index contributed by atoms with van der Waals surface area (Å²) in [6.07, 6.45) is 1.05. The predicted octanol–water partition coefficient (Wildman–Crippen LogP) is -1.65.